The van der Waals surface area contributed by atoms with Gasteiger partial charge in [0.1, 0.15) is 11.2 Å². The van der Waals surface area contributed by atoms with Gasteiger partial charge in [-0.05, 0) is 50.0 Å². The molecule has 2 aliphatic rings. The topological polar surface area (TPSA) is 63.4 Å². The Labute approximate surface area is 149 Å². The van der Waals surface area contributed by atoms with E-state index in [0.29, 0.717) is 11.7 Å². The number of fused-ring (bicyclic) bond motifs is 5. The fourth-order valence-electron chi connectivity index (χ4n) is 4.08. The number of carbonyl (C=O) groups excluding carboxylic acids is 1. The Morgan fingerprint density at radius 3 is 2.96 bits per heavy atom. The summed E-state index contributed by atoms with van der Waals surface area (Å²) in [5.74, 6) is 0.942. The van der Waals surface area contributed by atoms with Gasteiger partial charge < -0.3 is 4.90 Å². The van der Waals surface area contributed by atoms with Crippen LogP contribution in [0.1, 0.15) is 53.7 Å². The molecule has 1 atom stereocenters. The highest BCUT2D eigenvalue weighted by Crippen LogP contribution is 2.38. The minimum absolute atomic E-state index is 0.0472. The van der Waals surface area contributed by atoms with E-state index in [1.165, 1.54) is 23.3 Å². The van der Waals surface area contributed by atoms with Crippen molar-refractivity contribution in [2.24, 2.45) is 5.92 Å². The summed E-state index contributed by atoms with van der Waals surface area (Å²) >= 11 is 1.77. The van der Waals surface area contributed by atoms with Gasteiger partial charge >= 0.3 is 0 Å². The van der Waals surface area contributed by atoms with Crippen LogP contribution in [0.4, 0.5) is 0 Å². The van der Waals surface area contributed by atoms with Crippen LogP contribution in [0.25, 0.3) is 15.9 Å². The van der Waals surface area contributed by atoms with Gasteiger partial charge in [0.05, 0.1) is 5.39 Å². The average molecular weight is 355 g/mol. The van der Waals surface area contributed by atoms with Crippen molar-refractivity contribution in [3.63, 3.8) is 0 Å². The zero-order chi connectivity index (χ0) is 17.0. The van der Waals surface area contributed by atoms with Crippen molar-refractivity contribution in [3.8, 4) is 0 Å². The van der Waals surface area contributed by atoms with E-state index in [1.807, 2.05) is 4.90 Å². The molecule has 0 unspecified atom stereocenters. The highest BCUT2D eigenvalue weighted by molar-refractivity contribution is 7.19. The fraction of sp³-hybridized carbons (Fsp3) is 0.556. The number of carbonyl (C=O) groups is 1. The standard InChI is InChI=1S/C18H21N5OS/c1-11-5-6-13-12(9-11)14-16-20-15(18(24)22-7-3-2-4-8-22)21-23(16)10-19-17(14)25-13/h10-11H,2-9H2,1H3/t11-/m0/s1. The van der Waals surface area contributed by atoms with Crippen molar-refractivity contribution in [1.82, 2.24) is 24.5 Å². The summed E-state index contributed by atoms with van der Waals surface area (Å²) in [4.78, 5) is 26.3. The Morgan fingerprint density at radius 2 is 2.12 bits per heavy atom. The molecule has 3 aromatic rings. The number of hydrogen-bond donors (Lipinski definition) is 0. The summed E-state index contributed by atoms with van der Waals surface area (Å²) in [5.41, 5.74) is 2.16. The zero-order valence-electron chi connectivity index (χ0n) is 14.4. The highest BCUT2D eigenvalue weighted by atomic mass is 32.1. The molecule has 3 aromatic heterocycles. The van der Waals surface area contributed by atoms with E-state index in [1.54, 1.807) is 22.2 Å². The molecule has 1 amide bonds. The molecule has 0 N–H and O–H groups in total. The van der Waals surface area contributed by atoms with Gasteiger partial charge in [0.15, 0.2) is 5.65 Å². The molecular weight excluding hydrogens is 334 g/mol. The Balaban J connectivity index is 1.63. The predicted molar refractivity (Wildman–Crippen MR) is 97.1 cm³/mol. The van der Waals surface area contributed by atoms with E-state index >= 15 is 0 Å². The molecule has 0 aromatic carbocycles. The molecular formula is C18H21N5OS. The summed E-state index contributed by atoms with van der Waals surface area (Å²) in [6.07, 6.45) is 8.47. The lowest BCUT2D eigenvalue weighted by atomic mass is 9.89. The van der Waals surface area contributed by atoms with E-state index in [-0.39, 0.29) is 5.91 Å². The number of nitrogens with zero attached hydrogens (tertiary/aromatic N) is 5. The molecule has 0 radical (unpaired) electrons. The lowest BCUT2D eigenvalue weighted by molar-refractivity contribution is 0.0712. The van der Waals surface area contributed by atoms with Gasteiger partial charge in [0, 0.05) is 18.0 Å². The van der Waals surface area contributed by atoms with Crippen molar-refractivity contribution in [2.45, 2.75) is 45.4 Å². The van der Waals surface area contributed by atoms with Gasteiger partial charge in [-0.15, -0.1) is 16.4 Å². The number of thiophene rings is 1. The molecule has 0 spiro atoms. The molecule has 25 heavy (non-hydrogen) atoms. The Kier molecular flexibility index (Phi) is 3.51. The molecule has 130 valence electrons. The number of aryl methyl sites for hydroxylation is 1. The average Bonchev–Trinajstić information content (AvgIpc) is 3.22. The number of amides is 1. The summed E-state index contributed by atoms with van der Waals surface area (Å²) in [6.45, 7) is 3.93. The van der Waals surface area contributed by atoms with Crippen LogP contribution in [0.2, 0.25) is 0 Å². The second-order valence-corrected chi connectivity index (χ2v) is 8.42. The third-order valence-corrected chi connectivity index (χ3v) is 6.66. The van der Waals surface area contributed by atoms with Gasteiger partial charge in [-0.3, -0.25) is 4.79 Å². The van der Waals surface area contributed by atoms with E-state index < -0.39 is 0 Å². The molecule has 1 saturated heterocycles. The van der Waals surface area contributed by atoms with E-state index in [2.05, 4.69) is 22.0 Å². The van der Waals surface area contributed by atoms with Crippen LogP contribution < -0.4 is 0 Å². The van der Waals surface area contributed by atoms with Crippen molar-refractivity contribution < 1.29 is 4.79 Å². The number of likely N-dealkylation sites (tertiary alicyclic amines) is 1. The zero-order valence-corrected chi connectivity index (χ0v) is 15.2. The molecule has 1 aliphatic carbocycles. The van der Waals surface area contributed by atoms with Crippen LogP contribution in [0.15, 0.2) is 6.33 Å². The smallest absolute Gasteiger partial charge is 0.293 e. The quantitative estimate of drug-likeness (QED) is 0.673. The SMILES string of the molecule is C[C@H]1CCc2sc3ncn4nc(C(=O)N5CCCCC5)nc4c3c2C1. The first-order valence-electron chi connectivity index (χ1n) is 9.15. The number of rotatable bonds is 1. The second-order valence-electron chi connectivity index (χ2n) is 7.33. The minimum atomic E-state index is -0.0472. The molecule has 1 fully saturated rings. The fourth-order valence-corrected chi connectivity index (χ4v) is 5.25. The van der Waals surface area contributed by atoms with Gasteiger partial charge in [-0.1, -0.05) is 6.92 Å². The van der Waals surface area contributed by atoms with Crippen LogP contribution in [0.5, 0.6) is 0 Å². The van der Waals surface area contributed by atoms with Crippen molar-refractivity contribution in [1.29, 1.82) is 0 Å². The van der Waals surface area contributed by atoms with E-state index in [9.17, 15) is 4.79 Å². The lowest BCUT2D eigenvalue weighted by Gasteiger charge is -2.25. The maximum atomic E-state index is 12.8. The summed E-state index contributed by atoms with van der Waals surface area (Å²) in [5, 5.41) is 5.55. The van der Waals surface area contributed by atoms with Crippen LogP contribution in [-0.2, 0) is 12.8 Å². The van der Waals surface area contributed by atoms with Gasteiger partial charge in [-0.2, -0.15) is 0 Å². The molecule has 0 saturated carbocycles. The summed E-state index contributed by atoms with van der Waals surface area (Å²) in [7, 11) is 0. The van der Waals surface area contributed by atoms with Crippen LogP contribution >= 0.6 is 11.3 Å². The van der Waals surface area contributed by atoms with Crippen molar-refractivity contribution in [2.75, 3.05) is 13.1 Å². The maximum Gasteiger partial charge on any atom is 0.293 e. The summed E-state index contributed by atoms with van der Waals surface area (Å²) in [6, 6.07) is 0. The minimum Gasteiger partial charge on any atom is -0.336 e. The molecule has 6 nitrogen and oxygen atoms in total. The predicted octanol–water partition coefficient (Wildman–Crippen LogP) is 3.09. The molecule has 0 bridgehead atoms. The number of aromatic nitrogens is 4. The van der Waals surface area contributed by atoms with Gasteiger partial charge in [0.25, 0.3) is 5.91 Å². The highest BCUT2D eigenvalue weighted by Gasteiger charge is 2.26. The number of hydrogen-bond acceptors (Lipinski definition) is 5. The van der Waals surface area contributed by atoms with E-state index in [4.69, 9.17) is 0 Å². The Morgan fingerprint density at radius 1 is 1.28 bits per heavy atom. The molecule has 4 heterocycles. The van der Waals surface area contributed by atoms with Crippen LogP contribution in [-0.4, -0.2) is 43.5 Å². The molecule has 5 rings (SSSR count). The first-order chi connectivity index (χ1) is 12.2. The van der Waals surface area contributed by atoms with Crippen molar-refractivity contribution >= 4 is 33.1 Å². The Hall–Kier alpha value is -2.02. The van der Waals surface area contributed by atoms with Crippen LogP contribution in [0.3, 0.4) is 0 Å². The van der Waals surface area contributed by atoms with Gasteiger partial charge in [0.2, 0.25) is 5.82 Å². The van der Waals surface area contributed by atoms with Crippen molar-refractivity contribution in [3.05, 3.63) is 22.6 Å². The number of piperidine rings is 1. The first kappa shape index (κ1) is 15.3. The van der Waals surface area contributed by atoms with Crippen LogP contribution in [0, 0.1) is 5.92 Å². The third kappa shape index (κ3) is 2.44. The van der Waals surface area contributed by atoms with Gasteiger partial charge in [-0.25, -0.2) is 14.5 Å². The second kappa shape index (κ2) is 5.76. The third-order valence-electron chi connectivity index (χ3n) is 5.46. The normalized spacial score (nSPS) is 21.0. The lowest BCUT2D eigenvalue weighted by Crippen LogP contribution is -2.36. The summed E-state index contributed by atoms with van der Waals surface area (Å²) < 4.78 is 1.69. The molecule has 1 aliphatic heterocycles. The first-order valence-corrected chi connectivity index (χ1v) is 9.97. The Bertz CT molecular complexity index is 969. The molecule has 7 heteroatoms. The maximum absolute atomic E-state index is 12.8. The van der Waals surface area contributed by atoms with E-state index in [0.717, 1.165) is 54.6 Å². The monoisotopic (exact) mass is 355 g/mol. The largest absolute Gasteiger partial charge is 0.336 e.